The van der Waals surface area contributed by atoms with Crippen molar-refractivity contribution in [3.63, 3.8) is 0 Å². The molecular formula is C29H49F2N3O2. The van der Waals surface area contributed by atoms with E-state index in [-0.39, 0.29) is 23.4 Å². The molecule has 36 heavy (non-hydrogen) atoms. The molecule has 0 aliphatic carbocycles. The highest BCUT2D eigenvalue weighted by atomic mass is 19.2. The number of Topliss-reactive ketones (excluding diaryl/α,β-unsaturated/α-hetero) is 1. The van der Waals surface area contributed by atoms with Gasteiger partial charge in [0.05, 0.1) is 12.4 Å². The van der Waals surface area contributed by atoms with E-state index < -0.39 is 11.6 Å². The number of halogens is 2. The SMILES string of the molecule is CC.CC(=O)Cc1cccc(F)c1F.CCC.CCN(C)CC(C)=NC=C=CN=C(C)OC(C)(C)C. The molecule has 1 aromatic carbocycles. The number of rotatable bonds is 7. The highest BCUT2D eigenvalue weighted by molar-refractivity contribution is 5.84. The normalized spacial score (nSPS) is 11.0. The maximum absolute atomic E-state index is 12.8. The van der Waals surface area contributed by atoms with Gasteiger partial charge >= 0.3 is 0 Å². The predicted octanol–water partition coefficient (Wildman–Crippen LogP) is 7.80. The molecule has 0 fully saturated rings. The highest BCUT2D eigenvalue weighted by Crippen LogP contribution is 2.11. The Balaban J connectivity index is -0.000000544. The summed E-state index contributed by atoms with van der Waals surface area (Å²) in [5, 5.41) is 0. The van der Waals surface area contributed by atoms with E-state index in [9.17, 15) is 13.6 Å². The van der Waals surface area contributed by atoms with Crippen LogP contribution in [-0.2, 0) is 16.0 Å². The lowest BCUT2D eigenvalue weighted by Gasteiger charge is -2.19. The molecule has 0 radical (unpaired) electrons. The van der Waals surface area contributed by atoms with Gasteiger partial charge in [-0.25, -0.2) is 13.8 Å². The summed E-state index contributed by atoms with van der Waals surface area (Å²) in [4.78, 5) is 21.2. The minimum Gasteiger partial charge on any atom is -0.475 e. The number of hydrogen-bond donors (Lipinski definition) is 0. The smallest absolute Gasteiger partial charge is 0.185 e. The highest BCUT2D eigenvalue weighted by Gasteiger charge is 2.11. The van der Waals surface area contributed by atoms with Crippen molar-refractivity contribution in [1.29, 1.82) is 0 Å². The van der Waals surface area contributed by atoms with Crippen molar-refractivity contribution in [3.8, 4) is 0 Å². The molecule has 0 saturated heterocycles. The Morgan fingerprint density at radius 2 is 1.58 bits per heavy atom. The van der Waals surface area contributed by atoms with E-state index in [1.165, 1.54) is 25.5 Å². The number of ether oxygens (including phenoxy) is 1. The van der Waals surface area contributed by atoms with Crippen molar-refractivity contribution in [1.82, 2.24) is 4.90 Å². The summed E-state index contributed by atoms with van der Waals surface area (Å²) in [6, 6.07) is 3.81. The van der Waals surface area contributed by atoms with E-state index in [0.29, 0.717) is 5.90 Å². The van der Waals surface area contributed by atoms with Gasteiger partial charge < -0.3 is 9.64 Å². The Hall–Kier alpha value is -2.63. The number of benzene rings is 1. The number of carbonyl (C=O) groups excluding carboxylic acids is 1. The summed E-state index contributed by atoms with van der Waals surface area (Å²) >= 11 is 0. The van der Waals surface area contributed by atoms with Gasteiger partial charge in [0.15, 0.2) is 17.5 Å². The van der Waals surface area contributed by atoms with Crippen LogP contribution in [0.5, 0.6) is 0 Å². The van der Waals surface area contributed by atoms with Gasteiger partial charge in [0, 0.05) is 25.6 Å². The molecule has 0 aliphatic heterocycles. The van der Waals surface area contributed by atoms with Crippen molar-refractivity contribution in [3.05, 3.63) is 53.5 Å². The number of nitrogens with zero attached hydrogens (tertiary/aromatic N) is 3. The first kappa shape index (κ1) is 37.9. The lowest BCUT2D eigenvalue weighted by Crippen LogP contribution is -2.23. The zero-order valence-corrected chi connectivity index (χ0v) is 24.6. The summed E-state index contributed by atoms with van der Waals surface area (Å²) in [6.07, 6.45) is 4.40. The summed E-state index contributed by atoms with van der Waals surface area (Å²) < 4.78 is 30.9. The Morgan fingerprint density at radius 1 is 1.06 bits per heavy atom. The fourth-order valence-corrected chi connectivity index (χ4v) is 2.27. The summed E-state index contributed by atoms with van der Waals surface area (Å²) in [7, 11) is 2.07. The maximum Gasteiger partial charge on any atom is 0.185 e. The standard InChI is InChI=1S/C15H27N3O.C9H8F2O.C3H8.C2H6/c1-8-18(7)12-13(2)16-10-9-11-17-14(3)19-15(4,5)6;1-6(12)5-7-3-2-4-8(10)9(7)11;1-3-2;1-2/h10-11H,8,12H2,1-7H3;2-4H,5H2,1H3;3H2,1-2H3;1-2H3. The van der Waals surface area contributed by atoms with Crippen LogP contribution in [0.25, 0.3) is 0 Å². The third kappa shape index (κ3) is 24.5. The van der Waals surface area contributed by atoms with Crippen molar-refractivity contribution in [2.45, 2.75) is 94.6 Å². The van der Waals surface area contributed by atoms with Gasteiger partial charge in [0.25, 0.3) is 0 Å². The van der Waals surface area contributed by atoms with Crippen LogP contribution in [0.3, 0.4) is 0 Å². The Kier molecular flexibility index (Phi) is 24.0. The topological polar surface area (TPSA) is 54.3 Å². The van der Waals surface area contributed by atoms with Crippen LogP contribution in [0.1, 0.15) is 88.1 Å². The molecular weight excluding hydrogens is 460 g/mol. The molecule has 0 amide bonds. The number of ketones is 1. The molecule has 0 atom stereocenters. The van der Waals surface area contributed by atoms with E-state index in [0.717, 1.165) is 24.9 Å². The lowest BCUT2D eigenvalue weighted by molar-refractivity contribution is -0.116. The van der Waals surface area contributed by atoms with Crippen molar-refractivity contribution < 1.29 is 18.3 Å². The summed E-state index contributed by atoms with van der Waals surface area (Å²) in [5.41, 5.74) is 3.85. The molecule has 0 aliphatic rings. The average Bonchev–Trinajstić information content (AvgIpc) is 2.77. The third-order valence-electron chi connectivity index (χ3n) is 3.64. The fraction of sp³-hybridized carbons (Fsp3) is 0.586. The van der Waals surface area contributed by atoms with Gasteiger partial charge in [0.1, 0.15) is 11.4 Å². The minimum absolute atomic E-state index is 0.0520. The molecule has 0 heterocycles. The molecule has 0 bridgehead atoms. The second-order valence-corrected chi connectivity index (χ2v) is 8.78. The monoisotopic (exact) mass is 509 g/mol. The van der Waals surface area contributed by atoms with E-state index in [2.05, 4.69) is 48.4 Å². The molecule has 0 aromatic heterocycles. The molecule has 0 saturated carbocycles. The molecule has 5 nitrogen and oxygen atoms in total. The predicted molar refractivity (Wildman–Crippen MR) is 151 cm³/mol. The minimum atomic E-state index is -0.923. The average molecular weight is 510 g/mol. The Morgan fingerprint density at radius 3 is 2.06 bits per heavy atom. The Labute approximate surface area is 219 Å². The number of hydrogen-bond acceptors (Lipinski definition) is 5. The lowest BCUT2D eigenvalue weighted by atomic mass is 10.1. The van der Waals surface area contributed by atoms with Gasteiger partial charge in [-0.2, -0.15) is 0 Å². The maximum atomic E-state index is 12.8. The van der Waals surface area contributed by atoms with E-state index in [4.69, 9.17) is 4.74 Å². The molecule has 1 aromatic rings. The number of aliphatic imine (C=N–C) groups is 2. The van der Waals surface area contributed by atoms with Crippen LogP contribution in [0.2, 0.25) is 0 Å². The largest absolute Gasteiger partial charge is 0.475 e. The number of carbonyl (C=O) groups is 1. The third-order valence-corrected chi connectivity index (χ3v) is 3.64. The molecule has 1 rings (SSSR count). The van der Waals surface area contributed by atoms with Crippen molar-refractivity contribution >= 4 is 17.4 Å². The van der Waals surface area contributed by atoms with Crippen LogP contribution >= 0.6 is 0 Å². The first-order valence-corrected chi connectivity index (χ1v) is 12.5. The molecule has 206 valence electrons. The zero-order valence-electron chi connectivity index (χ0n) is 24.6. The molecule has 0 unspecified atom stereocenters. The summed E-state index contributed by atoms with van der Waals surface area (Å²) in [5.74, 6) is -1.39. The second kappa shape index (κ2) is 22.8. The molecule has 7 heteroatoms. The van der Waals surface area contributed by atoms with Crippen LogP contribution in [-0.4, -0.2) is 48.0 Å². The van der Waals surface area contributed by atoms with E-state index in [1.807, 2.05) is 48.5 Å². The van der Waals surface area contributed by atoms with E-state index in [1.54, 1.807) is 12.4 Å². The van der Waals surface area contributed by atoms with Crippen LogP contribution in [0.4, 0.5) is 8.78 Å². The van der Waals surface area contributed by atoms with Gasteiger partial charge in [-0.05, 0) is 59.8 Å². The second-order valence-electron chi connectivity index (χ2n) is 8.78. The summed E-state index contributed by atoms with van der Waals surface area (Å²) in [6.45, 7) is 23.4. The van der Waals surface area contributed by atoms with Gasteiger partial charge in [-0.3, -0.25) is 9.79 Å². The molecule has 0 spiro atoms. The van der Waals surface area contributed by atoms with Crippen molar-refractivity contribution in [2.75, 3.05) is 20.1 Å². The quantitative estimate of drug-likeness (QED) is 0.214. The van der Waals surface area contributed by atoms with Gasteiger partial charge in [0.2, 0.25) is 0 Å². The first-order valence-electron chi connectivity index (χ1n) is 12.5. The van der Waals surface area contributed by atoms with Crippen LogP contribution in [0.15, 0.2) is 46.3 Å². The Bertz CT molecular complexity index is 851. The fourth-order valence-electron chi connectivity index (χ4n) is 2.27. The van der Waals surface area contributed by atoms with Gasteiger partial charge in [-0.1, -0.05) is 58.9 Å². The van der Waals surface area contributed by atoms with Crippen molar-refractivity contribution in [2.24, 2.45) is 9.98 Å². The first-order chi connectivity index (χ1) is 16.8. The van der Waals surface area contributed by atoms with Gasteiger partial charge in [-0.15, -0.1) is 0 Å². The van der Waals surface area contributed by atoms with Crippen LogP contribution in [0, 0.1) is 11.6 Å². The van der Waals surface area contributed by atoms with E-state index >= 15 is 0 Å². The molecule has 0 N–H and O–H groups in total. The zero-order chi connectivity index (χ0) is 28.7. The van der Waals surface area contributed by atoms with Crippen LogP contribution < -0.4 is 0 Å².